The molecule has 0 aliphatic carbocycles. The van der Waals surface area contributed by atoms with Crippen molar-refractivity contribution in [1.29, 1.82) is 0 Å². The summed E-state index contributed by atoms with van der Waals surface area (Å²) in [5.74, 6) is 1.09. The number of aliphatic hydroxyl groups excluding tert-OH is 1. The molecule has 178 valence electrons. The van der Waals surface area contributed by atoms with Crippen LogP contribution in [-0.2, 0) is 4.79 Å². The highest BCUT2D eigenvalue weighted by Crippen LogP contribution is 2.42. The Labute approximate surface area is 200 Å². The molecule has 0 bridgehead atoms. The summed E-state index contributed by atoms with van der Waals surface area (Å²) >= 11 is 0. The summed E-state index contributed by atoms with van der Waals surface area (Å²) in [6.45, 7) is 1.69. The molecule has 1 aromatic heterocycles. The number of amides is 1. The third kappa shape index (κ3) is 4.28. The number of hydrogen-bond donors (Lipinski definition) is 1. The van der Waals surface area contributed by atoms with Gasteiger partial charge in [-0.05, 0) is 42.9 Å². The Bertz CT molecular complexity index is 1150. The summed E-state index contributed by atoms with van der Waals surface area (Å²) in [4.78, 5) is 21.1. The Kier molecular flexibility index (Phi) is 6.28. The maximum atomic E-state index is 12.9. The Morgan fingerprint density at radius 1 is 1.21 bits per heavy atom. The zero-order valence-corrected chi connectivity index (χ0v) is 19.8. The van der Waals surface area contributed by atoms with Crippen LogP contribution in [0.3, 0.4) is 0 Å². The van der Waals surface area contributed by atoms with E-state index >= 15 is 0 Å². The van der Waals surface area contributed by atoms with Gasteiger partial charge in [-0.2, -0.15) is 0 Å². The molecule has 1 amide bonds. The molecule has 3 aromatic rings. The normalized spacial score (nSPS) is 18.3. The first-order valence-electron chi connectivity index (χ1n) is 12.0. The highest BCUT2D eigenvalue weighted by Gasteiger charge is 2.34. The number of hydrogen-bond acceptors (Lipinski definition) is 5. The largest absolute Gasteiger partial charge is 0.497 e. The average Bonchev–Trinajstić information content (AvgIpc) is 3.46. The Morgan fingerprint density at radius 2 is 2.00 bits per heavy atom. The second-order valence-electron chi connectivity index (χ2n) is 9.37. The van der Waals surface area contributed by atoms with Crippen LogP contribution >= 0.6 is 0 Å². The number of likely N-dealkylation sites (N-methyl/N-ethyl adjacent to an activating group) is 1. The van der Waals surface area contributed by atoms with Gasteiger partial charge in [-0.15, -0.1) is 0 Å². The molecule has 3 heterocycles. The fourth-order valence-electron chi connectivity index (χ4n) is 5.37. The van der Waals surface area contributed by atoms with Gasteiger partial charge in [0.2, 0.25) is 5.91 Å². The number of aromatic nitrogens is 2. The number of ether oxygens (including phenoxy) is 1. The Morgan fingerprint density at radius 3 is 2.79 bits per heavy atom. The molecule has 1 fully saturated rings. The Hall–Kier alpha value is -3.32. The first-order valence-corrected chi connectivity index (χ1v) is 12.0. The maximum absolute atomic E-state index is 12.9. The minimum Gasteiger partial charge on any atom is -0.497 e. The monoisotopic (exact) mass is 460 g/mol. The number of likely N-dealkylation sites (tertiary alicyclic amines) is 1. The van der Waals surface area contributed by atoms with Gasteiger partial charge < -0.3 is 24.2 Å². The van der Waals surface area contributed by atoms with E-state index in [0.717, 1.165) is 30.0 Å². The number of fused-ring (bicyclic) bond motifs is 3. The lowest BCUT2D eigenvalue weighted by Crippen LogP contribution is -2.45. The zero-order valence-electron chi connectivity index (χ0n) is 19.8. The van der Waals surface area contributed by atoms with Gasteiger partial charge in [0.1, 0.15) is 5.75 Å². The molecule has 2 aromatic carbocycles. The lowest BCUT2D eigenvalue weighted by Gasteiger charge is -2.36. The van der Waals surface area contributed by atoms with E-state index in [9.17, 15) is 9.90 Å². The summed E-state index contributed by atoms with van der Waals surface area (Å²) < 4.78 is 7.47. The number of rotatable bonds is 7. The molecule has 7 nitrogen and oxygen atoms in total. The van der Waals surface area contributed by atoms with Crippen LogP contribution in [0.25, 0.3) is 11.3 Å². The fourth-order valence-corrected chi connectivity index (χ4v) is 5.37. The summed E-state index contributed by atoms with van der Waals surface area (Å²) in [5, 5.41) is 11.1. The first-order chi connectivity index (χ1) is 16.5. The molecular weight excluding hydrogens is 428 g/mol. The predicted octanol–water partition coefficient (Wildman–Crippen LogP) is 3.59. The molecular formula is C27H32N4O3. The number of carbonyl (C=O) groups is 1. The van der Waals surface area contributed by atoms with Gasteiger partial charge in [-0.1, -0.05) is 30.3 Å². The number of anilines is 1. The predicted molar refractivity (Wildman–Crippen MR) is 132 cm³/mol. The molecule has 2 unspecified atom stereocenters. The van der Waals surface area contributed by atoms with Crippen LogP contribution < -0.4 is 9.64 Å². The van der Waals surface area contributed by atoms with E-state index in [2.05, 4.69) is 27.8 Å². The van der Waals surface area contributed by atoms with Crippen molar-refractivity contribution in [2.75, 3.05) is 38.7 Å². The lowest BCUT2D eigenvalue weighted by atomic mass is 9.86. The van der Waals surface area contributed by atoms with Crippen molar-refractivity contribution in [1.82, 2.24) is 14.5 Å². The molecule has 2 atom stereocenters. The third-order valence-electron chi connectivity index (χ3n) is 7.37. The smallest absolute Gasteiger partial charge is 0.242 e. The lowest BCUT2D eigenvalue weighted by molar-refractivity contribution is -0.131. The van der Waals surface area contributed by atoms with Gasteiger partial charge in [0, 0.05) is 37.5 Å². The van der Waals surface area contributed by atoms with Gasteiger partial charge in [0.05, 0.1) is 44.0 Å². The molecule has 34 heavy (non-hydrogen) atoms. The summed E-state index contributed by atoms with van der Waals surface area (Å²) in [5.41, 5.74) is 4.53. The summed E-state index contributed by atoms with van der Waals surface area (Å²) in [6, 6.07) is 16.2. The van der Waals surface area contributed by atoms with Crippen LogP contribution in [0.5, 0.6) is 5.75 Å². The molecule has 7 heteroatoms. The van der Waals surface area contributed by atoms with Gasteiger partial charge in [0.15, 0.2) is 0 Å². The number of benzene rings is 2. The number of methoxy groups -OCH3 is 1. The van der Waals surface area contributed by atoms with Gasteiger partial charge in [-0.25, -0.2) is 4.98 Å². The molecule has 5 rings (SSSR count). The van der Waals surface area contributed by atoms with Crippen molar-refractivity contribution in [3.05, 3.63) is 66.6 Å². The number of imidazole rings is 1. The number of piperidine rings is 1. The summed E-state index contributed by atoms with van der Waals surface area (Å²) in [7, 11) is 3.57. The van der Waals surface area contributed by atoms with Crippen LogP contribution in [0.2, 0.25) is 0 Å². The number of aliphatic hydroxyl groups is 1. The molecule has 0 spiro atoms. The van der Waals surface area contributed by atoms with Crippen LogP contribution in [0.1, 0.15) is 30.9 Å². The zero-order chi connectivity index (χ0) is 23.7. The van der Waals surface area contributed by atoms with Gasteiger partial charge >= 0.3 is 0 Å². The quantitative estimate of drug-likeness (QED) is 0.584. The van der Waals surface area contributed by atoms with Crippen molar-refractivity contribution in [2.45, 2.75) is 31.4 Å². The molecule has 2 aliphatic rings. The van der Waals surface area contributed by atoms with Crippen LogP contribution in [0, 0.1) is 5.92 Å². The third-order valence-corrected chi connectivity index (χ3v) is 7.37. The molecule has 1 N–H and O–H groups in total. The van der Waals surface area contributed by atoms with Gasteiger partial charge in [-0.3, -0.25) is 4.79 Å². The minimum atomic E-state index is -0.414. The Balaban J connectivity index is 1.16. The van der Waals surface area contributed by atoms with E-state index in [1.165, 1.54) is 11.1 Å². The highest BCUT2D eigenvalue weighted by atomic mass is 16.5. The van der Waals surface area contributed by atoms with Crippen molar-refractivity contribution >= 4 is 11.6 Å². The summed E-state index contributed by atoms with van der Waals surface area (Å²) in [6.07, 6.45) is 5.66. The van der Waals surface area contributed by atoms with Gasteiger partial charge in [0.25, 0.3) is 0 Å². The van der Waals surface area contributed by atoms with E-state index in [4.69, 9.17) is 4.74 Å². The standard InChI is InChI=1S/C27H32N4O3/c1-29(20-6-5-7-21(14-20)34-2)17-27(33)30-12-10-19(11-13-30)26(32)15-24-22-8-3-4-9-23(22)25-16-28-18-31(24)25/h3-9,14,16,18-19,24,26,32H,10-13,15,17H2,1-2H3. The molecule has 0 saturated carbocycles. The van der Waals surface area contributed by atoms with E-state index in [1.54, 1.807) is 7.11 Å². The van der Waals surface area contributed by atoms with Crippen molar-refractivity contribution in [3.63, 3.8) is 0 Å². The van der Waals surface area contributed by atoms with Crippen LogP contribution in [0.15, 0.2) is 61.1 Å². The maximum Gasteiger partial charge on any atom is 0.242 e. The molecule has 1 saturated heterocycles. The molecule has 2 aliphatic heterocycles. The second kappa shape index (κ2) is 9.50. The van der Waals surface area contributed by atoms with Crippen molar-refractivity contribution < 1.29 is 14.6 Å². The van der Waals surface area contributed by atoms with E-state index in [0.29, 0.717) is 26.1 Å². The second-order valence-corrected chi connectivity index (χ2v) is 9.37. The fraction of sp³-hybridized carbons (Fsp3) is 0.407. The van der Waals surface area contributed by atoms with E-state index in [1.807, 2.05) is 59.7 Å². The number of nitrogens with zero attached hydrogens (tertiary/aromatic N) is 4. The van der Waals surface area contributed by atoms with Crippen LogP contribution in [0.4, 0.5) is 5.69 Å². The van der Waals surface area contributed by atoms with Crippen molar-refractivity contribution in [3.8, 4) is 17.0 Å². The van der Waals surface area contributed by atoms with E-state index < -0.39 is 6.10 Å². The molecule has 0 radical (unpaired) electrons. The topological polar surface area (TPSA) is 70.8 Å². The van der Waals surface area contributed by atoms with Crippen molar-refractivity contribution in [2.24, 2.45) is 5.92 Å². The van der Waals surface area contributed by atoms with E-state index in [-0.39, 0.29) is 17.9 Å². The highest BCUT2D eigenvalue weighted by molar-refractivity contribution is 5.81. The average molecular weight is 461 g/mol. The van der Waals surface area contributed by atoms with Crippen LogP contribution in [-0.4, -0.2) is 65.4 Å². The minimum absolute atomic E-state index is 0.111. The SMILES string of the molecule is COc1cccc(N(C)CC(=O)N2CCC(C(O)CC3c4ccccc4-c4cncn43)CC2)c1. The first kappa shape index (κ1) is 22.5. The number of carbonyl (C=O) groups excluding carboxylic acids is 1.